The third-order valence-corrected chi connectivity index (χ3v) is 3.38. The summed E-state index contributed by atoms with van der Waals surface area (Å²) in [6, 6.07) is -1.88. The minimum atomic E-state index is -1.32. The van der Waals surface area contributed by atoms with Crippen LogP contribution in [0.4, 0.5) is 4.79 Å². The van der Waals surface area contributed by atoms with Crippen molar-refractivity contribution in [2.75, 3.05) is 13.2 Å². The lowest BCUT2D eigenvalue weighted by Gasteiger charge is -2.36. The highest BCUT2D eigenvalue weighted by molar-refractivity contribution is 5.83. The second kappa shape index (κ2) is 7.30. The van der Waals surface area contributed by atoms with E-state index in [9.17, 15) is 14.7 Å². The molecule has 110 valence electrons. The van der Waals surface area contributed by atoms with E-state index in [1.54, 1.807) is 4.90 Å². The number of piperidine rings is 1. The molecule has 1 heterocycles. The molecule has 0 bridgehead atoms. The number of nitrogens with one attached hydrogen (secondary N) is 1. The van der Waals surface area contributed by atoms with Crippen molar-refractivity contribution in [3.05, 3.63) is 0 Å². The molecule has 1 aliphatic heterocycles. The smallest absolute Gasteiger partial charge is 0.328 e. The predicted molar refractivity (Wildman–Crippen MR) is 67.7 cm³/mol. The Morgan fingerprint density at radius 3 is 2.63 bits per heavy atom. The minimum absolute atomic E-state index is 0.00674. The molecule has 2 amide bonds. The van der Waals surface area contributed by atoms with E-state index in [0.29, 0.717) is 13.0 Å². The zero-order valence-corrected chi connectivity index (χ0v) is 11.1. The number of hydrogen-bond acceptors (Lipinski definition) is 4. The van der Waals surface area contributed by atoms with Crippen LogP contribution in [0, 0.1) is 0 Å². The average molecular weight is 274 g/mol. The SMILES string of the molecule is CC(O)C(NC(=O)N1CCCCC1CCO)C(=O)O. The quantitative estimate of drug-likeness (QED) is 0.553. The molecule has 3 atom stereocenters. The molecule has 1 saturated heterocycles. The number of aliphatic hydroxyl groups excluding tert-OH is 2. The fourth-order valence-electron chi connectivity index (χ4n) is 2.32. The molecule has 0 aromatic rings. The van der Waals surface area contributed by atoms with Crippen LogP contribution in [-0.4, -0.2) is 63.6 Å². The molecule has 0 aromatic carbocycles. The molecular weight excluding hydrogens is 252 g/mol. The summed E-state index contributed by atoms with van der Waals surface area (Å²) in [7, 11) is 0. The Kier molecular flexibility index (Phi) is 6.04. The Morgan fingerprint density at radius 2 is 2.11 bits per heavy atom. The maximum atomic E-state index is 12.1. The number of carbonyl (C=O) groups is 2. The number of rotatable bonds is 5. The van der Waals surface area contributed by atoms with E-state index in [4.69, 9.17) is 10.2 Å². The van der Waals surface area contributed by atoms with Crippen LogP contribution in [0.15, 0.2) is 0 Å². The Hall–Kier alpha value is -1.34. The highest BCUT2D eigenvalue weighted by atomic mass is 16.4. The summed E-state index contributed by atoms with van der Waals surface area (Å²) in [5.41, 5.74) is 0. The Labute approximate surface area is 112 Å². The van der Waals surface area contributed by atoms with Crippen molar-refractivity contribution >= 4 is 12.0 Å². The molecular formula is C12H22N2O5. The molecule has 1 fully saturated rings. The first-order valence-corrected chi connectivity index (χ1v) is 6.56. The number of carboxylic acid groups (broad SMARTS) is 1. The number of nitrogens with zero attached hydrogens (tertiary/aromatic N) is 1. The lowest BCUT2D eigenvalue weighted by atomic mass is 10.00. The van der Waals surface area contributed by atoms with Crippen LogP contribution in [0.3, 0.4) is 0 Å². The molecule has 0 saturated carbocycles. The van der Waals surface area contributed by atoms with Crippen molar-refractivity contribution in [3.63, 3.8) is 0 Å². The number of aliphatic carboxylic acids is 1. The average Bonchev–Trinajstić information content (AvgIpc) is 2.36. The van der Waals surface area contributed by atoms with Crippen LogP contribution >= 0.6 is 0 Å². The summed E-state index contributed by atoms with van der Waals surface area (Å²) in [6.07, 6.45) is 1.98. The molecule has 1 aliphatic rings. The summed E-state index contributed by atoms with van der Waals surface area (Å²) in [5, 5.41) is 29.6. The van der Waals surface area contributed by atoms with E-state index in [0.717, 1.165) is 19.3 Å². The van der Waals surface area contributed by atoms with Gasteiger partial charge in [-0.05, 0) is 32.6 Å². The number of hydrogen-bond donors (Lipinski definition) is 4. The van der Waals surface area contributed by atoms with Crippen molar-refractivity contribution in [1.82, 2.24) is 10.2 Å². The first-order chi connectivity index (χ1) is 8.97. The summed E-state index contributed by atoms with van der Waals surface area (Å²) < 4.78 is 0. The topological polar surface area (TPSA) is 110 Å². The summed E-state index contributed by atoms with van der Waals surface area (Å²) in [6.45, 7) is 1.86. The third kappa shape index (κ3) is 4.36. The van der Waals surface area contributed by atoms with Crippen molar-refractivity contribution in [1.29, 1.82) is 0 Å². The lowest BCUT2D eigenvalue weighted by molar-refractivity contribution is -0.141. The van der Waals surface area contributed by atoms with Gasteiger partial charge in [0, 0.05) is 19.2 Å². The van der Waals surface area contributed by atoms with Gasteiger partial charge in [-0.3, -0.25) is 0 Å². The largest absolute Gasteiger partial charge is 0.480 e. The van der Waals surface area contributed by atoms with Gasteiger partial charge < -0.3 is 25.5 Å². The van der Waals surface area contributed by atoms with Crippen LogP contribution in [0.2, 0.25) is 0 Å². The Morgan fingerprint density at radius 1 is 1.42 bits per heavy atom. The van der Waals surface area contributed by atoms with Gasteiger partial charge in [0.25, 0.3) is 0 Å². The van der Waals surface area contributed by atoms with Crippen LogP contribution in [0.5, 0.6) is 0 Å². The second-order valence-electron chi connectivity index (χ2n) is 4.86. The fraction of sp³-hybridized carbons (Fsp3) is 0.833. The minimum Gasteiger partial charge on any atom is -0.480 e. The van der Waals surface area contributed by atoms with E-state index in [2.05, 4.69) is 5.32 Å². The van der Waals surface area contributed by atoms with Crippen LogP contribution in [0.25, 0.3) is 0 Å². The van der Waals surface area contributed by atoms with Gasteiger partial charge in [-0.15, -0.1) is 0 Å². The number of urea groups is 1. The Balaban J connectivity index is 2.66. The molecule has 0 aliphatic carbocycles. The number of aliphatic hydroxyl groups is 2. The summed E-state index contributed by atoms with van der Waals surface area (Å²) in [5.74, 6) is -1.26. The fourth-order valence-corrected chi connectivity index (χ4v) is 2.32. The van der Waals surface area contributed by atoms with Gasteiger partial charge in [0.15, 0.2) is 6.04 Å². The molecule has 7 heteroatoms. The van der Waals surface area contributed by atoms with Crippen LogP contribution in [-0.2, 0) is 4.79 Å². The van der Waals surface area contributed by atoms with Crippen molar-refractivity contribution < 1.29 is 24.9 Å². The molecule has 0 aromatic heterocycles. The van der Waals surface area contributed by atoms with E-state index in [1.165, 1.54) is 6.92 Å². The molecule has 0 spiro atoms. The standard InChI is InChI=1S/C12H22N2O5/c1-8(16)10(11(17)18)13-12(19)14-6-3-2-4-9(14)5-7-15/h8-10,15-16H,2-7H2,1H3,(H,13,19)(H,17,18). The van der Waals surface area contributed by atoms with E-state index in [-0.39, 0.29) is 12.6 Å². The maximum Gasteiger partial charge on any atom is 0.328 e. The van der Waals surface area contributed by atoms with E-state index >= 15 is 0 Å². The molecule has 4 N–H and O–H groups in total. The van der Waals surface area contributed by atoms with Gasteiger partial charge in [0.1, 0.15) is 0 Å². The monoisotopic (exact) mass is 274 g/mol. The zero-order chi connectivity index (χ0) is 14.4. The van der Waals surface area contributed by atoms with Gasteiger partial charge in [-0.1, -0.05) is 0 Å². The second-order valence-corrected chi connectivity index (χ2v) is 4.86. The van der Waals surface area contributed by atoms with Gasteiger partial charge in [-0.25, -0.2) is 9.59 Å². The number of likely N-dealkylation sites (tertiary alicyclic amines) is 1. The highest BCUT2D eigenvalue weighted by Crippen LogP contribution is 2.19. The molecule has 1 rings (SSSR count). The third-order valence-electron chi connectivity index (χ3n) is 3.38. The maximum absolute atomic E-state index is 12.1. The number of amides is 2. The highest BCUT2D eigenvalue weighted by Gasteiger charge is 2.31. The first kappa shape index (κ1) is 15.7. The van der Waals surface area contributed by atoms with Crippen molar-refractivity contribution in [2.24, 2.45) is 0 Å². The normalized spacial score (nSPS) is 22.7. The van der Waals surface area contributed by atoms with Crippen LogP contribution in [0.1, 0.15) is 32.6 Å². The molecule has 0 radical (unpaired) electrons. The summed E-state index contributed by atoms with van der Waals surface area (Å²) in [4.78, 5) is 24.5. The van der Waals surface area contributed by atoms with Crippen LogP contribution < -0.4 is 5.32 Å². The molecule has 19 heavy (non-hydrogen) atoms. The molecule has 7 nitrogen and oxygen atoms in total. The number of carboxylic acids is 1. The zero-order valence-electron chi connectivity index (χ0n) is 11.1. The Bertz CT molecular complexity index is 319. The lowest BCUT2D eigenvalue weighted by Crippen LogP contribution is -2.55. The summed E-state index contributed by atoms with van der Waals surface area (Å²) >= 11 is 0. The van der Waals surface area contributed by atoms with Gasteiger partial charge in [0.05, 0.1) is 6.10 Å². The number of carbonyl (C=O) groups excluding carboxylic acids is 1. The van der Waals surface area contributed by atoms with Crippen molar-refractivity contribution in [2.45, 2.75) is 50.8 Å². The van der Waals surface area contributed by atoms with Gasteiger partial charge in [0.2, 0.25) is 0 Å². The van der Waals surface area contributed by atoms with Crippen molar-refractivity contribution in [3.8, 4) is 0 Å². The molecule has 3 unspecified atom stereocenters. The van der Waals surface area contributed by atoms with Gasteiger partial charge >= 0.3 is 12.0 Å². The van der Waals surface area contributed by atoms with Gasteiger partial charge in [-0.2, -0.15) is 0 Å². The van der Waals surface area contributed by atoms with E-state index < -0.39 is 24.1 Å². The first-order valence-electron chi connectivity index (χ1n) is 6.56. The van der Waals surface area contributed by atoms with E-state index in [1.807, 2.05) is 0 Å². The predicted octanol–water partition coefficient (Wildman–Crippen LogP) is -0.233.